The van der Waals surface area contributed by atoms with E-state index in [4.69, 9.17) is 4.74 Å². The maximum Gasteiger partial charge on any atom is 0.316 e. The second kappa shape index (κ2) is 4.46. The molecule has 0 amide bonds. The van der Waals surface area contributed by atoms with Crippen LogP contribution in [0, 0.1) is 5.92 Å². The minimum absolute atomic E-state index is 0.270. The van der Waals surface area contributed by atoms with Gasteiger partial charge in [0, 0.05) is 7.11 Å². The van der Waals surface area contributed by atoms with Crippen LogP contribution in [0.25, 0.3) is 0 Å². The Morgan fingerprint density at radius 1 is 1.67 bits per heavy atom. The van der Waals surface area contributed by atoms with Crippen LogP contribution in [-0.4, -0.2) is 35.7 Å². The van der Waals surface area contributed by atoms with Crippen molar-refractivity contribution in [2.45, 2.75) is 12.7 Å². The summed E-state index contributed by atoms with van der Waals surface area (Å²) < 4.78 is 9.44. The molecule has 0 spiro atoms. The Kier molecular flexibility index (Phi) is 3.49. The van der Waals surface area contributed by atoms with E-state index in [1.807, 2.05) is 0 Å². The van der Waals surface area contributed by atoms with Crippen LogP contribution in [0.4, 0.5) is 0 Å². The lowest BCUT2D eigenvalue weighted by Crippen LogP contribution is -2.34. The van der Waals surface area contributed by atoms with Crippen molar-refractivity contribution < 1.29 is 24.5 Å². The number of carbonyl (C=O) groups excluding carboxylic acids is 1. The van der Waals surface area contributed by atoms with Crippen LogP contribution in [0.5, 0.6) is 0 Å². The van der Waals surface area contributed by atoms with Crippen LogP contribution in [-0.2, 0) is 14.3 Å². The Morgan fingerprint density at radius 2 is 2.33 bits per heavy atom. The molecule has 2 unspecified atom stereocenters. The molecule has 15 heavy (non-hydrogen) atoms. The number of aliphatic hydroxyl groups is 2. The van der Waals surface area contributed by atoms with E-state index < -0.39 is 23.4 Å². The van der Waals surface area contributed by atoms with Gasteiger partial charge >= 0.3 is 5.97 Å². The van der Waals surface area contributed by atoms with Crippen molar-refractivity contribution in [2.24, 2.45) is 5.92 Å². The van der Waals surface area contributed by atoms with E-state index in [0.29, 0.717) is 0 Å². The molecule has 0 aromatic carbocycles. The smallest absolute Gasteiger partial charge is 0.316 e. The van der Waals surface area contributed by atoms with E-state index in [9.17, 15) is 15.0 Å². The average Bonchev–Trinajstić information content (AvgIpc) is 2.22. The maximum atomic E-state index is 11.3. The normalized spacial score (nSPS) is 29.8. The summed E-state index contributed by atoms with van der Waals surface area (Å²) in [6.07, 6.45) is 3.83. The second-order valence-corrected chi connectivity index (χ2v) is 3.09. The number of esters is 1. The number of methoxy groups -OCH3 is 1. The number of carbonyl (C=O) groups is 1. The first kappa shape index (κ1) is 11.7. The Labute approximate surface area is 87.6 Å². The van der Waals surface area contributed by atoms with Gasteiger partial charge in [0.05, 0.1) is 12.5 Å². The summed E-state index contributed by atoms with van der Waals surface area (Å²) in [6.45, 7) is 1.96. The number of rotatable bonds is 3. The highest BCUT2D eigenvalue weighted by Gasteiger charge is 2.34. The van der Waals surface area contributed by atoms with Crippen molar-refractivity contribution in [3.63, 3.8) is 0 Å². The summed E-state index contributed by atoms with van der Waals surface area (Å²) in [7, 11) is 1.25. The quantitative estimate of drug-likeness (QED) is 0.407. The zero-order valence-electron chi connectivity index (χ0n) is 8.64. The number of aliphatic hydroxyl groups excluding tert-OH is 1. The third-order valence-electron chi connectivity index (χ3n) is 2.10. The zero-order chi connectivity index (χ0) is 11.5. The van der Waals surface area contributed by atoms with Crippen molar-refractivity contribution in [3.8, 4) is 0 Å². The predicted molar refractivity (Wildman–Crippen MR) is 51.9 cm³/mol. The molecule has 0 radical (unpaired) electrons. The molecule has 0 heterocycles. The van der Waals surface area contributed by atoms with Gasteiger partial charge in [-0.15, -0.1) is 0 Å². The minimum atomic E-state index is -1.83. The molecule has 0 bridgehead atoms. The van der Waals surface area contributed by atoms with Crippen LogP contribution in [0.3, 0.4) is 0 Å². The third-order valence-corrected chi connectivity index (χ3v) is 2.10. The highest BCUT2D eigenvalue weighted by molar-refractivity contribution is 5.77. The lowest BCUT2D eigenvalue weighted by atomic mass is 9.98. The summed E-state index contributed by atoms with van der Waals surface area (Å²) in [4.78, 5) is 11.3. The van der Waals surface area contributed by atoms with Gasteiger partial charge in [-0.25, -0.2) is 0 Å². The molecule has 0 fully saturated rings. The largest absolute Gasteiger partial charge is 0.507 e. The molecule has 2 N–H and O–H groups in total. The molecule has 84 valence electrons. The van der Waals surface area contributed by atoms with Crippen molar-refractivity contribution in [2.75, 3.05) is 13.7 Å². The predicted octanol–water partition coefficient (Wildman–Crippen LogP) is 0.512. The molecule has 1 aliphatic carbocycles. The Hall–Kier alpha value is -1.33. The molecule has 1 aliphatic rings. The number of hydrogen-bond donors (Lipinski definition) is 2. The first-order chi connectivity index (χ1) is 7.03. The second-order valence-electron chi connectivity index (χ2n) is 3.09. The van der Waals surface area contributed by atoms with Gasteiger partial charge in [-0.2, -0.15) is 0 Å². The lowest BCUT2D eigenvalue weighted by molar-refractivity contribution is -0.148. The number of hydrogen-bond acceptors (Lipinski definition) is 5. The van der Waals surface area contributed by atoms with Gasteiger partial charge in [0.1, 0.15) is 0 Å². The van der Waals surface area contributed by atoms with Crippen molar-refractivity contribution in [1.29, 1.82) is 0 Å². The topological polar surface area (TPSA) is 76.0 Å². The standard InChI is InChI=1S/C10H14O5/c1-3-15-9(12)7-4-5-10(13,14-2)8(11)6-7/h4-7,11,13H,3H2,1-2H3. The minimum Gasteiger partial charge on any atom is -0.507 e. The van der Waals surface area contributed by atoms with E-state index in [-0.39, 0.29) is 6.61 Å². The molecule has 0 saturated carbocycles. The molecule has 2 atom stereocenters. The van der Waals surface area contributed by atoms with Crippen LogP contribution in [0.15, 0.2) is 24.0 Å². The molecule has 0 aromatic heterocycles. The van der Waals surface area contributed by atoms with E-state index in [2.05, 4.69) is 4.74 Å². The van der Waals surface area contributed by atoms with Crippen molar-refractivity contribution in [3.05, 3.63) is 24.0 Å². The fourth-order valence-corrected chi connectivity index (χ4v) is 1.22. The van der Waals surface area contributed by atoms with Gasteiger partial charge in [0.2, 0.25) is 5.79 Å². The molecule has 0 aromatic rings. The van der Waals surface area contributed by atoms with Crippen LogP contribution < -0.4 is 0 Å². The summed E-state index contributed by atoms with van der Waals surface area (Å²) in [6, 6.07) is 0. The van der Waals surface area contributed by atoms with Gasteiger partial charge in [-0.1, -0.05) is 6.08 Å². The third kappa shape index (κ3) is 2.37. The lowest BCUT2D eigenvalue weighted by Gasteiger charge is -2.26. The molecule has 5 nitrogen and oxygen atoms in total. The first-order valence-corrected chi connectivity index (χ1v) is 4.58. The average molecular weight is 214 g/mol. The summed E-state index contributed by atoms with van der Waals surface area (Å²) in [5.74, 6) is -3.40. The molecular formula is C10H14O5. The highest BCUT2D eigenvalue weighted by Crippen LogP contribution is 2.25. The van der Waals surface area contributed by atoms with Crippen molar-refractivity contribution >= 4 is 5.97 Å². The summed E-state index contributed by atoms with van der Waals surface area (Å²) in [5.41, 5.74) is 0. The molecule has 5 heteroatoms. The van der Waals surface area contributed by atoms with Gasteiger partial charge < -0.3 is 19.7 Å². The fourth-order valence-electron chi connectivity index (χ4n) is 1.22. The molecule has 0 aliphatic heterocycles. The van der Waals surface area contributed by atoms with Crippen LogP contribution in [0.1, 0.15) is 6.92 Å². The number of ether oxygens (including phenoxy) is 2. The van der Waals surface area contributed by atoms with Crippen molar-refractivity contribution in [1.82, 2.24) is 0 Å². The van der Waals surface area contributed by atoms with E-state index >= 15 is 0 Å². The van der Waals surface area contributed by atoms with E-state index in [0.717, 1.165) is 0 Å². The Morgan fingerprint density at radius 3 is 2.80 bits per heavy atom. The van der Waals surface area contributed by atoms with Gasteiger partial charge in [0.25, 0.3) is 0 Å². The fraction of sp³-hybridized carbons (Fsp3) is 0.500. The van der Waals surface area contributed by atoms with E-state index in [1.165, 1.54) is 25.3 Å². The molecule has 0 saturated heterocycles. The zero-order valence-corrected chi connectivity index (χ0v) is 8.64. The Balaban J connectivity index is 2.78. The summed E-state index contributed by atoms with van der Waals surface area (Å²) >= 11 is 0. The Bertz CT molecular complexity index is 307. The maximum absolute atomic E-state index is 11.3. The van der Waals surface area contributed by atoms with E-state index in [1.54, 1.807) is 6.92 Å². The van der Waals surface area contributed by atoms with Gasteiger partial charge in [0.15, 0.2) is 5.76 Å². The monoisotopic (exact) mass is 214 g/mol. The first-order valence-electron chi connectivity index (χ1n) is 4.58. The van der Waals surface area contributed by atoms with Crippen LogP contribution in [0.2, 0.25) is 0 Å². The van der Waals surface area contributed by atoms with Crippen LogP contribution >= 0.6 is 0 Å². The molecule has 1 rings (SSSR count). The summed E-state index contributed by atoms with van der Waals surface area (Å²) in [5, 5.41) is 19.0. The molecular weight excluding hydrogens is 200 g/mol. The SMILES string of the molecule is CCOC(=O)C1C=CC(O)(OC)C(O)=C1. The van der Waals surface area contributed by atoms with Gasteiger partial charge in [-0.05, 0) is 19.1 Å². The highest BCUT2D eigenvalue weighted by atomic mass is 16.6. The van der Waals surface area contributed by atoms with Gasteiger partial charge in [-0.3, -0.25) is 4.79 Å².